The lowest BCUT2D eigenvalue weighted by Crippen LogP contribution is -2.70. The Morgan fingerprint density at radius 3 is 2.34 bits per heavy atom. The molecular formula is C30H50O5. The summed E-state index contributed by atoms with van der Waals surface area (Å²) in [5, 5.41) is 11.6. The summed E-state index contributed by atoms with van der Waals surface area (Å²) in [6.45, 7) is 16.0. The molecule has 1 aliphatic heterocycles. The van der Waals surface area contributed by atoms with E-state index >= 15 is 0 Å². The zero-order chi connectivity index (χ0) is 25.6. The number of hydrogen-bond donors (Lipinski definition) is 1. The van der Waals surface area contributed by atoms with Gasteiger partial charge in [-0.15, -0.1) is 0 Å². The predicted molar refractivity (Wildman–Crippen MR) is 135 cm³/mol. The molecule has 1 saturated heterocycles. The number of hydrogen-bond acceptors (Lipinski definition) is 5. The van der Waals surface area contributed by atoms with Crippen LogP contribution in [0, 0.1) is 51.2 Å². The van der Waals surface area contributed by atoms with E-state index in [2.05, 4.69) is 41.5 Å². The van der Waals surface area contributed by atoms with Gasteiger partial charge in [0.15, 0.2) is 6.29 Å². The molecule has 5 aliphatic rings. The van der Waals surface area contributed by atoms with Crippen molar-refractivity contribution < 1.29 is 24.1 Å². The summed E-state index contributed by atoms with van der Waals surface area (Å²) in [5.41, 5.74) is 0.424. The van der Waals surface area contributed by atoms with E-state index in [0.29, 0.717) is 17.3 Å². The van der Waals surface area contributed by atoms with Crippen molar-refractivity contribution >= 4 is 5.97 Å². The molecule has 5 heteroatoms. The fraction of sp³-hybridized carbons (Fsp3) is 0.967. The third kappa shape index (κ3) is 3.39. The van der Waals surface area contributed by atoms with Crippen LogP contribution < -0.4 is 0 Å². The number of carbonyl (C=O) groups excluding carboxylic acids is 1. The van der Waals surface area contributed by atoms with Gasteiger partial charge < -0.3 is 19.3 Å². The van der Waals surface area contributed by atoms with Crippen molar-refractivity contribution in [2.75, 3.05) is 7.11 Å². The van der Waals surface area contributed by atoms with Crippen LogP contribution in [-0.4, -0.2) is 42.8 Å². The normalized spacial score (nSPS) is 57.5. The maximum Gasteiger partial charge on any atom is 0.302 e. The highest BCUT2D eigenvalue weighted by atomic mass is 16.7. The molecular weight excluding hydrogens is 440 g/mol. The van der Waals surface area contributed by atoms with E-state index in [0.717, 1.165) is 12.8 Å². The first kappa shape index (κ1) is 26.0. The molecule has 5 nitrogen and oxygen atoms in total. The Bertz CT molecular complexity index is 845. The van der Waals surface area contributed by atoms with Gasteiger partial charge in [0, 0.05) is 31.3 Å². The molecule has 0 aromatic carbocycles. The van der Waals surface area contributed by atoms with Gasteiger partial charge in [0.2, 0.25) is 0 Å². The zero-order valence-electron chi connectivity index (χ0n) is 23.4. The van der Waals surface area contributed by atoms with Gasteiger partial charge in [0.25, 0.3) is 0 Å². The Labute approximate surface area is 213 Å². The number of rotatable bonds is 3. The summed E-state index contributed by atoms with van der Waals surface area (Å²) in [4.78, 5) is 12.5. The first-order valence-corrected chi connectivity index (χ1v) is 14.4. The molecule has 0 aromatic rings. The smallest absolute Gasteiger partial charge is 0.302 e. The van der Waals surface area contributed by atoms with Gasteiger partial charge in [-0.1, -0.05) is 47.5 Å². The number of methoxy groups -OCH3 is 1. The lowest BCUT2D eigenvalue weighted by molar-refractivity contribution is -0.278. The molecule has 13 atom stereocenters. The topological polar surface area (TPSA) is 65.0 Å². The van der Waals surface area contributed by atoms with Crippen molar-refractivity contribution in [2.24, 2.45) is 51.2 Å². The Hall–Kier alpha value is -0.650. The first-order chi connectivity index (χ1) is 16.4. The Kier molecular flexibility index (Phi) is 6.26. The molecule has 0 aromatic heterocycles. The summed E-state index contributed by atoms with van der Waals surface area (Å²) < 4.78 is 18.5. The summed E-state index contributed by atoms with van der Waals surface area (Å²) in [5.74, 6) is 1.26. The molecule has 0 spiro atoms. The van der Waals surface area contributed by atoms with Crippen LogP contribution in [0.25, 0.3) is 0 Å². The summed E-state index contributed by atoms with van der Waals surface area (Å²) in [6, 6.07) is 0. The van der Waals surface area contributed by atoms with Gasteiger partial charge in [0.05, 0.1) is 12.2 Å². The highest BCUT2D eigenvalue weighted by Gasteiger charge is 2.73. The summed E-state index contributed by atoms with van der Waals surface area (Å²) in [6.07, 6.45) is 8.21. The number of carbonyl (C=O) groups is 1. The SMILES string of the molecule is CC[C@@]1(C)CCC[C@]2(C)[C@H]3C[C@H](OC(C)=O)[C@]4(C)[C@H]5[C@H](OC)O[C@@H](C)[C@@H]5[C@@H](O)C[C@H]4[C@]3(C)CC[C@@H]12. The molecule has 4 aliphatic carbocycles. The van der Waals surface area contributed by atoms with Crippen molar-refractivity contribution in [3.8, 4) is 0 Å². The van der Waals surface area contributed by atoms with Gasteiger partial charge in [-0.2, -0.15) is 0 Å². The van der Waals surface area contributed by atoms with Crippen LogP contribution in [0.3, 0.4) is 0 Å². The fourth-order valence-electron chi connectivity index (χ4n) is 11.3. The molecule has 35 heavy (non-hydrogen) atoms. The van der Waals surface area contributed by atoms with Crippen molar-refractivity contribution in [1.82, 2.24) is 0 Å². The van der Waals surface area contributed by atoms with Crippen LogP contribution in [0.1, 0.15) is 99.8 Å². The largest absolute Gasteiger partial charge is 0.462 e. The zero-order valence-corrected chi connectivity index (χ0v) is 23.4. The minimum atomic E-state index is -0.417. The summed E-state index contributed by atoms with van der Waals surface area (Å²) in [7, 11) is 1.72. The molecule has 4 saturated carbocycles. The molecule has 1 heterocycles. The van der Waals surface area contributed by atoms with Crippen molar-refractivity contribution in [3.05, 3.63) is 0 Å². The van der Waals surface area contributed by atoms with Crippen molar-refractivity contribution in [2.45, 2.75) is 124 Å². The molecule has 0 amide bonds. The van der Waals surface area contributed by atoms with E-state index in [1.807, 2.05) is 0 Å². The van der Waals surface area contributed by atoms with Gasteiger partial charge in [-0.3, -0.25) is 4.79 Å². The van der Waals surface area contributed by atoms with Gasteiger partial charge in [-0.05, 0) is 79.4 Å². The van der Waals surface area contributed by atoms with E-state index in [9.17, 15) is 9.90 Å². The molecule has 200 valence electrons. The Balaban J connectivity index is 1.63. The molecule has 5 rings (SSSR count). The highest BCUT2D eigenvalue weighted by Crippen LogP contribution is 2.75. The second-order valence-corrected chi connectivity index (χ2v) is 14.1. The average Bonchev–Trinajstić information content (AvgIpc) is 3.14. The van der Waals surface area contributed by atoms with Gasteiger partial charge in [0.1, 0.15) is 6.10 Å². The number of esters is 1. The monoisotopic (exact) mass is 490 g/mol. The maximum absolute atomic E-state index is 12.5. The maximum atomic E-state index is 12.5. The Morgan fingerprint density at radius 1 is 1.03 bits per heavy atom. The van der Waals surface area contributed by atoms with Gasteiger partial charge >= 0.3 is 5.97 Å². The van der Waals surface area contributed by atoms with Crippen LogP contribution >= 0.6 is 0 Å². The average molecular weight is 491 g/mol. The molecule has 0 unspecified atom stereocenters. The molecule has 5 fully saturated rings. The lowest BCUT2D eigenvalue weighted by Gasteiger charge is -2.72. The summed E-state index contributed by atoms with van der Waals surface area (Å²) >= 11 is 0. The van der Waals surface area contributed by atoms with Crippen LogP contribution in [0.4, 0.5) is 0 Å². The van der Waals surface area contributed by atoms with E-state index in [-0.39, 0.29) is 58.5 Å². The van der Waals surface area contributed by atoms with Crippen LogP contribution in [0.5, 0.6) is 0 Å². The number of aliphatic hydroxyl groups is 1. The lowest BCUT2D eigenvalue weighted by atomic mass is 9.33. The number of fused-ring (bicyclic) bond motifs is 7. The number of aliphatic hydroxyl groups excluding tert-OH is 1. The highest BCUT2D eigenvalue weighted by molar-refractivity contribution is 5.66. The standard InChI is InChI=1S/C30H50O5/c1-9-27(4)12-10-13-28(5)20(27)11-14-29(6)21(28)16-23(35-18(3)31)30(7)22(29)15-19(32)24-17(2)34-26(33-8)25(24)30/h17,19-26,32H,9-16H2,1-8H3/t17-,19-,20-,21+,22-,23-,24+,25+,26+,27-,28-,29+,30+/m0/s1. The fourth-order valence-corrected chi connectivity index (χ4v) is 11.3. The predicted octanol–water partition coefficient (Wildman–Crippen LogP) is 5.97. The number of ether oxygens (including phenoxy) is 3. The third-order valence-electron chi connectivity index (χ3n) is 12.9. The van der Waals surface area contributed by atoms with E-state index in [4.69, 9.17) is 14.2 Å². The van der Waals surface area contributed by atoms with Crippen molar-refractivity contribution in [3.63, 3.8) is 0 Å². The third-order valence-corrected chi connectivity index (χ3v) is 12.9. The molecule has 0 radical (unpaired) electrons. The van der Waals surface area contributed by atoms with E-state index in [1.165, 1.54) is 38.5 Å². The van der Waals surface area contributed by atoms with Crippen molar-refractivity contribution in [1.29, 1.82) is 0 Å². The van der Waals surface area contributed by atoms with Gasteiger partial charge in [-0.25, -0.2) is 0 Å². The van der Waals surface area contributed by atoms with Crippen LogP contribution in [-0.2, 0) is 19.0 Å². The quantitative estimate of drug-likeness (QED) is 0.494. The molecule has 0 bridgehead atoms. The Morgan fingerprint density at radius 2 is 1.71 bits per heavy atom. The second kappa shape index (κ2) is 8.43. The van der Waals surface area contributed by atoms with E-state index < -0.39 is 6.10 Å². The van der Waals surface area contributed by atoms with Crippen LogP contribution in [0.2, 0.25) is 0 Å². The van der Waals surface area contributed by atoms with Crippen LogP contribution in [0.15, 0.2) is 0 Å². The second-order valence-electron chi connectivity index (χ2n) is 14.1. The van der Waals surface area contributed by atoms with E-state index in [1.54, 1.807) is 14.0 Å². The molecule has 1 N–H and O–H groups in total. The minimum Gasteiger partial charge on any atom is -0.462 e. The first-order valence-electron chi connectivity index (χ1n) is 14.4. The minimum absolute atomic E-state index is 0.00407.